The number of hydrogen-bond donors (Lipinski definition) is 1. The molecule has 0 saturated heterocycles. The molecule has 0 spiro atoms. The Hall–Kier alpha value is -2.34. The van der Waals surface area contributed by atoms with Gasteiger partial charge < -0.3 is 14.8 Å². The largest absolute Gasteiger partial charge is 0.496 e. The van der Waals surface area contributed by atoms with E-state index < -0.39 is 11.7 Å². The molecule has 1 N–H and O–H groups in total. The number of anilines is 1. The number of carbonyl (C=O) groups is 1. The van der Waals surface area contributed by atoms with E-state index in [0.29, 0.717) is 21.5 Å². The van der Waals surface area contributed by atoms with Gasteiger partial charge in [-0.15, -0.1) is 0 Å². The Kier molecular flexibility index (Phi) is 5.76. The maximum Gasteiger partial charge on any atom is 0.248 e. The summed E-state index contributed by atoms with van der Waals surface area (Å²) in [5.41, 5.74) is 0.735. The van der Waals surface area contributed by atoms with Crippen molar-refractivity contribution >= 4 is 33.6 Å². The fraction of sp³-hybridized carbons (Fsp3) is 0.118. The standard InChI is InChI=1S/C17H15BrFNO3/c1-22-15-4-3-5-16(23-2)12(15)7-9-17(21)20-14-8-6-11(18)10-13(14)19/h3-10H,1-2H3,(H,20,21)/b9-7+. The molecule has 6 heteroatoms. The first-order chi connectivity index (χ1) is 11.0. The zero-order chi connectivity index (χ0) is 16.8. The Balaban J connectivity index is 2.18. The lowest BCUT2D eigenvalue weighted by molar-refractivity contribution is -0.111. The maximum absolute atomic E-state index is 13.7. The van der Waals surface area contributed by atoms with Crippen LogP contribution in [0.5, 0.6) is 11.5 Å². The SMILES string of the molecule is COc1cccc(OC)c1/C=C/C(=O)Nc1ccc(Br)cc1F. The number of methoxy groups -OCH3 is 2. The van der Waals surface area contributed by atoms with E-state index >= 15 is 0 Å². The van der Waals surface area contributed by atoms with Crippen LogP contribution in [0, 0.1) is 5.82 Å². The van der Waals surface area contributed by atoms with E-state index in [1.165, 1.54) is 32.4 Å². The minimum Gasteiger partial charge on any atom is -0.496 e. The third kappa shape index (κ3) is 4.32. The first-order valence-corrected chi connectivity index (χ1v) is 7.49. The molecule has 2 rings (SSSR count). The molecule has 2 aromatic carbocycles. The third-order valence-electron chi connectivity index (χ3n) is 3.06. The van der Waals surface area contributed by atoms with E-state index in [0.717, 1.165) is 0 Å². The third-order valence-corrected chi connectivity index (χ3v) is 3.55. The van der Waals surface area contributed by atoms with Gasteiger partial charge in [-0.3, -0.25) is 4.79 Å². The molecule has 120 valence electrons. The normalized spacial score (nSPS) is 10.6. The molecule has 0 saturated carbocycles. The van der Waals surface area contributed by atoms with Gasteiger partial charge in [0, 0.05) is 10.5 Å². The molecule has 0 fully saturated rings. The Morgan fingerprint density at radius 2 is 1.83 bits per heavy atom. The van der Waals surface area contributed by atoms with Gasteiger partial charge in [0.05, 0.1) is 25.5 Å². The molecule has 0 aliphatic rings. The Morgan fingerprint density at radius 3 is 2.39 bits per heavy atom. The molecule has 23 heavy (non-hydrogen) atoms. The highest BCUT2D eigenvalue weighted by Crippen LogP contribution is 2.29. The monoisotopic (exact) mass is 379 g/mol. The van der Waals surface area contributed by atoms with Gasteiger partial charge in [0.15, 0.2) is 0 Å². The van der Waals surface area contributed by atoms with E-state index in [9.17, 15) is 9.18 Å². The summed E-state index contributed by atoms with van der Waals surface area (Å²) in [4.78, 5) is 12.0. The smallest absolute Gasteiger partial charge is 0.248 e. The maximum atomic E-state index is 13.7. The van der Waals surface area contributed by atoms with Gasteiger partial charge in [-0.1, -0.05) is 22.0 Å². The first kappa shape index (κ1) is 17.0. The number of ether oxygens (including phenoxy) is 2. The van der Waals surface area contributed by atoms with Crippen molar-refractivity contribution in [2.75, 3.05) is 19.5 Å². The number of amides is 1. The summed E-state index contributed by atoms with van der Waals surface area (Å²) in [5.74, 6) is 0.168. The highest BCUT2D eigenvalue weighted by Gasteiger charge is 2.08. The van der Waals surface area contributed by atoms with Crippen LogP contribution in [0.4, 0.5) is 10.1 Å². The minimum absolute atomic E-state index is 0.106. The Morgan fingerprint density at radius 1 is 1.17 bits per heavy atom. The number of rotatable bonds is 5. The van der Waals surface area contributed by atoms with Crippen molar-refractivity contribution in [1.82, 2.24) is 0 Å². The van der Waals surface area contributed by atoms with Crippen molar-refractivity contribution in [3.8, 4) is 11.5 Å². The van der Waals surface area contributed by atoms with Crippen LogP contribution in [0.3, 0.4) is 0 Å². The fourth-order valence-corrected chi connectivity index (χ4v) is 2.30. The van der Waals surface area contributed by atoms with Crippen molar-refractivity contribution in [3.05, 3.63) is 58.3 Å². The first-order valence-electron chi connectivity index (χ1n) is 6.70. The molecule has 0 bridgehead atoms. The van der Waals surface area contributed by atoms with Gasteiger partial charge in [0.2, 0.25) is 5.91 Å². The number of nitrogens with one attached hydrogen (secondary N) is 1. The van der Waals surface area contributed by atoms with Gasteiger partial charge in [0.1, 0.15) is 17.3 Å². The minimum atomic E-state index is -0.518. The highest BCUT2D eigenvalue weighted by atomic mass is 79.9. The predicted molar refractivity (Wildman–Crippen MR) is 91.3 cm³/mol. The molecule has 0 aliphatic heterocycles. The Labute approximate surface area is 142 Å². The lowest BCUT2D eigenvalue weighted by Gasteiger charge is -2.09. The second-order valence-corrected chi connectivity index (χ2v) is 5.44. The summed E-state index contributed by atoms with van der Waals surface area (Å²) in [6.07, 6.45) is 2.85. The summed E-state index contributed by atoms with van der Waals surface area (Å²) in [7, 11) is 3.06. The van der Waals surface area contributed by atoms with Crippen LogP contribution in [0.25, 0.3) is 6.08 Å². The van der Waals surface area contributed by atoms with Crippen molar-refractivity contribution in [3.63, 3.8) is 0 Å². The zero-order valence-electron chi connectivity index (χ0n) is 12.6. The summed E-state index contributed by atoms with van der Waals surface area (Å²) >= 11 is 3.16. The highest BCUT2D eigenvalue weighted by molar-refractivity contribution is 9.10. The van der Waals surface area contributed by atoms with Crippen LogP contribution in [0.1, 0.15) is 5.56 Å². The molecule has 2 aromatic rings. The van der Waals surface area contributed by atoms with Gasteiger partial charge in [-0.25, -0.2) is 4.39 Å². The molecular weight excluding hydrogens is 365 g/mol. The molecular formula is C17H15BrFNO3. The summed E-state index contributed by atoms with van der Waals surface area (Å²) in [5, 5.41) is 2.48. The van der Waals surface area contributed by atoms with Crippen LogP contribution < -0.4 is 14.8 Å². The topological polar surface area (TPSA) is 47.6 Å². The van der Waals surface area contributed by atoms with Crippen LogP contribution in [-0.2, 0) is 4.79 Å². The molecule has 4 nitrogen and oxygen atoms in total. The van der Waals surface area contributed by atoms with Crippen molar-refractivity contribution in [2.45, 2.75) is 0 Å². The fourth-order valence-electron chi connectivity index (χ4n) is 1.97. The van der Waals surface area contributed by atoms with Crippen molar-refractivity contribution < 1.29 is 18.7 Å². The lowest BCUT2D eigenvalue weighted by Crippen LogP contribution is -2.09. The number of benzene rings is 2. The van der Waals surface area contributed by atoms with Gasteiger partial charge >= 0.3 is 0 Å². The van der Waals surface area contributed by atoms with E-state index in [4.69, 9.17) is 9.47 Å². The van der Waals surface area contributed by atoms with Crippen molar-refractivity contribution in [1.29, 1.82) is 0 Å². The summed E-state index contributed by atoms with van der Waals surface area (Å²) in [6, 6.07) is 9.71. The molecule has 0 aliphatic carbocycles. The number of hydrogen-bond acceptors (Lipinski definition) is 3. The van der Waals surface area contributed by atoms with E-state index in [1.807, 2.05) is 0 Å². The van der Waals surface area contributed by atoms with Crippen LogP contribution in [0.15, 0.2) is 46.9 Å². The molecule has 1 amide bonds. The second-order valence-electron chi connectivity index (χ2n) is 4.52. The van der Waals surface area contributed by atoms with Crippen LogP contribution >= 0.6 is 15.9 Å². The van der Waals surface area contributed by atoms with Gasteiger partial charge in [-0.05, 0) is 36.4 Å². The molecule has 0 unspecified atom stereocenters. The Bertz CT molecular complexity index is 724. The quantitative estimate of drug-likeness (QED) is 0.789. The molecule has 0 radical (unpaired) electrons. The zero-order valence-corrected chi connectivity index (χ0v) is 14.2. The van der Waals surface area contributed by atoms with E-state index in [-0.39, 0.29) is 5.69 Å². The average molecular weight is 380 g/mol. The lowest BCUT2D eigenvalue weighted by atomic mass is 10.1. The van der Waals surface area contributed by atoms with E-state index in [1.54, 1.807) is 30.3 Å². The number of halogens is 2. The average Bonchev–Trinajstić information content (AvgIpc) is 2.55. The number of carbonyl (C=O) groups excluding carboxylic acids is 1. The van der Waals surface area contributed by atoms with Crippen LogP contribution in [-0.4, -0.2) is 20.1 Å². The summed E-state index contributed by atoms with van der Waals surface area (Å²) < 4.78 is 24.8. The summed E-state index contributed by atoms with van der Waals surface area (Å²) in [6.45, 7) is 0. The van der Waals surface area contributed by atoms with Crippen LogP contribution in [0.2, 0.25) is 0 Å². The second kappa shape index (κ2) is 7.78. The molecule has 0 aromatic heterocycles. The van der Waals surface area contributed by atoms with Gasteiger partial charge in [0.25, 0.3) is 0 Å². The predicted octanol–water partition coefficient (Wildman–Crippen LogP) is 4.26. The van der Waals surface area contributed by atoms with Crippen molar-refractivity contribution in [2.24, 2.45) is 0 Å². The van der Waals surface area contributed by atoms with Gasteiger partial charge in [-0.2, -0.15) is 0 Å². The molecule has 0 heterocycles. The van der Waals surface area contributed by atoms with E-state index in [2.05, 4.69) is 21.2 Å². The molecule has 0 atom stereocenters.